The molecule has 140 valence electrons. The van der Waals surface area contributed by atoms with Crippen molar-refractivity contribution in [2.24, 2.45) is 0 Å². The van der Waals surface area contributed by atoms with Gasteiger partial charge in [0.15, 0.2) is 0 Å². The lowest BCUT2D eigenvalue weighted by Gasteiger charge is -2.22. The summed E-state index contributed by atoms with van der Waals surface area (Å²) in [5.41, 5.74) is 1.21. The van der Waals surface area contributed by atoms with Gasteiger partial charge in [0.1, 0.15) is 10.7 Å². The van der Waals surface area contributed by atoms with Crippen LogP contribution in [0, 0.1) is 0 Å². The third kappa shape index (κ3) is 3.34. The highest BCUT2D eigenvalue weighted by Crippen LogP contribution is 2.38. The summed E-state index contributed by atoms with van der Waals surface area (Å²) >= 11 is 1.26. The summed E-state index contributed by atoms with van der Waals surface area (Å²) in [5.74, 6) is 0.367. The number of alkyl halides is 3. The highest BCUT2D eigenvalue weighted by molar-refractivity contribution is 7.11. The topological polar surface area (TPSA) is 61.9 Å². The minimum absolute atomic E-state index is 0.0436. The van der Waals surface area contributed by atoms with E-state index in [1.807, 2.05) is 0 Å². The average Bonchev–Trinajstić information content (AvgIpc) is 3.41. The van der Waals surface area contributed by atoms with Gasteiger partial charge in [-0.2, -0.15) is 13.2 Å². The van der Waals surface area contributed by atoms with Gasteiger partial charge in [-0.05, 0) is 18.9 Å². The molecule has 1 aromatic carbocycles. The van der Waals surface area contributed by atoms with E-state index in [2.05, 4.69) is 15.0 Å². The van der Waals surface area contributed by atoms with E-state index in [0.717, 1.165) is 12.5 Å². The van der Waals surface area contributed by atoms with Crippen LogP contribution in [0.25, 0.3) is 11.3 Å². The number of imidazole rings is 1. The van der Waals surface area contributed by atoms with E-state index < -0.39 is 11.7 Å². The Morgan fingerprint density at radius 2 is 2.07 bits per heavy atom. The molecule has 0 saturated carbocycles. The molecule has 1 N–H and O–H groups in total. The summed E-state index contributed by atoms with van der Waals surface area (Å²) in [6, 6.07) is 5.09. The number of hydrogen-bond donors (Lipinski definition) is 1. The number of H-pyrrole nitrogens is 1. The third-order valence-electron chi connectivity index (χ3n) is 4.59. The lowest BCUT2D eigenvalue weighted by atomic mass is 10.0. The summed E-state index contributed by atoms with van der Waals surface area (Å²) in [5, 5.41) is 0. The van der Waals surface area contributed by atoms with Crippen LogP contribution in [0.5, 0.6) is 0 Å². The Hall–Kier alpha value is -2.68. The second-order valence-corrected chi connectivity index (χ2v) is 7.13. The molecule has 9 heteroatoms. The monoisotopic (exact) mass is 392 g/mol. The number of aromatic amines is 1. The minimum atomic E-state index is -4.45. The number of rotatable bonds is 3. The molecule has 1 aliphatic rings. The van der Waals surface area contributed by atoms with E-state index in [4.69, 9.17) is 0 Å². The quantitative estimate of drug-likeness (QED) is 0.712. The zero-order chi connectivity index (χ0) is 19.0. The van der Waals surface area contributed by atoms with Crippen molar-refractivity contribution >= 4 is 17.2 Å². The van der Waals surface area contributed by atoms with E-state index in [9.17, 15) is 18.0 Å². The molecule has 1 aliphatic heterocycles. The van der Waals surface area contributed by atoms with E-state index in [-0.39, 0.29) is 23.2 Å². The number of amides is 1. The van der Waals surface area contributed by atoms with Crippen molar-refractivity contribution in [3.63, 3.8) is 0 Å². The van der Waals surface area contributed by atoms with Crippen LogP contribution in [0.1, 0.15) is 39.9 Å². The molecule has 0 aliphatic carbocycles. The number of nitrogens with one attached hydrogen (secondary N) is 1. The smallest absolute Gasteiger partial charge is 0.340 e. The van der Waals surface area contributed by atoms with E-state index in [1.54, 1.807) is 16.5 Å². The van der Waals surface area contributed by atoms with Gasteiger partial charge in [-0.25, -0.2) is 4.98 Å². The highest BCUT2D eigenvalue weighted by Gasteiger charge is 2.35. The van der Waals surface area contributed by atoms with E-state index >= 15 is 0 Å². The molecule has 3 heterocycles. The fourth-order valence-electron chi connectivity index (χ4n) is 3.37. The molecule has 1 fully saturated rings. The molecule has 1 atom stereocenters. The first-order valence-corrected chi connectivity index (χ1v) is 9.24. The normalized spacial score (nSPS) is 17.4. The lowest BCUT2D eigenvalue weighted by Crippen LogP contribution is -2.30. The number of nitrogens with zero attached hydrogens (tertiary/aromatic N) is 3. The van der Waals surface area contributed by atoms with Gasteiger partial charge < -0.3 is 9.88 Å². The summed E-state index contributed by atoms with van der Waals surface area (Å²) in [4.78, 5) is 26.1. The largest absolute Gasteiger partial charge is 0.417 e. The van der Waals surface area contributed by atoms with Gasteiger partial charge in [0.05, 0.1) is 35.2 Å². The lowest BCUT2D eigenvalue weighted by molar-refractivity contribution is -0.137. The maximum atomic E-state index is 13.3. The Kier molecular flexibility index (Phi) is 4.47. The molecule has 2 aromatic heterocycles. The number of hydrogen-bond acceptors (Lipinski definition) is 4. The van der Waals surface area contributed by atoms with Crippen LogP contribution >= 0.6 is 11.3 Å². The molecule has 0 radical (unpaired) electrons. The maximum absolute atomic E-state index is 13.3. The Labute approximate surface area is 156 Å². The SMILES string of the molecule is O=C(c1cncs1)N1CCCC1c1ncc(-c2ccccc2C(F)(F)F)[nH]1. The van der Waals surface area contributed by atoms with Crippen molar-refractivity contribution < 1.29 is 18.0 Å². The standard InChI is InChI=1S/C18H15F3N4OS/c19-18(20,21)12-5-2-1-4-11(12)13-8-23-16(24-13)14-6-3-7-25(14)17(26)15-9-22-10-27-15/h1-2,4-5,8-10,14H,3,6-7H2,(H,23,24). The number of benzene rings is 1. The number of thiazole rings is 1. The first-order chi connectivity index (χ1) is 12.9. The predicted octanol–water partition coefficient (Wildman–Crippen LogP) is 4.53. The van der Waals surface area contributed by atoms with Gasteiger partial charge in [0, 0.05) is 12.1 Å². The average molecular weight is 392 g/mol. The van der Waals surface area contributed by atoms with Gasteiger partial charge >= 0.3 is 6.18 Å². The van der Waals surface area contributed by atoms with Crippen molar-refractivity contribution in [3.8, 4) is 11.3 Å². The Bertz CT molecular complexity index is 952. The Balaban J connectivity index is 1.64. The molecular formula is C18H15F3N4OS. The van der Waals surface area contributed by atoms with Crippen molar-refractivity contribution in [2.75, 3.05) is 6.54 Å². The fourth-order valence-corrected chi connectivity index (χ4v) is 3.94. The van der Waals surface area contributed by atoms with Crippen LogP contribution in [0.2, 0.25) is 0 Å². The Morgan fingerprint density at radius 3 is 2.81 bits per heavy atom. The molecule has 1 unspecified atom stereocenters. The molecule has 0 spiro atoms. The molecule has 27 heavy (non-hydrogen) atoms. The predicted molar refractivity (Wildman–Crippen MR) is 94.2 cm³/mol. The molecule has 4 rings (SSSR count). The number of aromatic nitrogens is 3. The van der Waals surface area contributed by atoms with Crippen LogP contribution in [0.4, 0.5) is 13.2 Å². The minimum Gasteiger partial charge on any atom is -0.340 e. The summed E-state index contributed by atoms with van der Waals surface area (Å²) in [6.45, 7) is 0.580. The van der Waals surface area contributed by atoms with Crippen molar-refractivity contribution in [2.45, 2.75) is 25.1 Å². The zero-order valence-corrected chi connectivity index (χ0v) is 14.8. The molecule has 0 bridgehead atoms. The number of carbonyl (C=O) groups is 1. The summed E-state index contributed by atoms with van der Waals surface area (Å²) in [7, 11) is 0. The molecule has 5 nitrogen and oxygen atoms in total. The summed E-state index contributed by atoms with van der Waals surface area (Å²) < 4.78 is 39.8. The van der Waals surface area contributed by atoms with Crippen LogP contribution in [0.3, 0.4) is 0 Å². The number of likely N-dealkylation sites (tertiary alicyclic amines) is 1. The number of halogens is 3. The zero-order valence-electron chi connectivity index (χ0n) is 14.0. The Morgan fingerprint density at radius 1 is 1.26 bits per heavy atom. The van der Waals surface area contributed by atoms with Gasteiger partial charge in [-0.3, -0.25) is 9.78 Å². The van der Waals surface area contributed by atoms with Gasteiger partial charge in [-0.1, -0.05) is 18.2 Å². The molecule has 3 aromatic rings. The van der Waals surface area contributed by atoms with E-state index in [0.29, 0.717) is 23.7 Å². The van der Waals surface area contributed by atoms with Gasteiger partial charge in [-0.15, -0.1) is 11.3 Å². The molecular weight excluding hydrogens is 377 g/mol. The van der Waals surface area contributed by atoms with Crippen molar-refractivity contribution in [1.29, 1.82) is 0 Å². The third-order valence-corrected chi connectivity index (χ3v) is 5.35. The first kappa shape index (κ1) is 17.7. The van der Waals surface area contributed by atoms with Gasteiger partial charge in [0.25, 0.3) is 5.91 Å². The fraction of sp³-hybridized carbons (Fsp3) is 0.278. The van der Waals surface area contributed by atoms with Crippen LogP contribution in [0.15, 0.2) is 42.2 Å². The van der Waals surface area contributed by atoms with Crippen molar-refractivity contribution in [1.82, 2.24) is 19.9 Å². The van der Waals surface area contributed by atoms with Crippen LogP contribution in [-0.2, 0) is 6.18 Å². The maximum Gasteiger partial charge on any atom is 0.417 e. The van der Waals surface area contributed by atoms with Crippen LogP contribution < -0.4 is 0 Å². The van der Waals surface area contributed by atoms with Crippen LogP contribution in [-0.4, -0.2) is 32.3 Å². The highest BCUT2D eigenvalue weighted by atomic mass is 32.1. The van der Waals surface area contributed by atoms with Gasteiger partial charge in [0.2, 0.25) is 0 Å². The summed E-state index contributed by atoms with van der Waals surface area (Å²) in [6.07, 6.45) is -0.0186. The van der Waals surface area contributed by atoms with E-state index in [1.165, 1.54) is 35.9 Å². The van der Waals surface area contributed by atoms with Crippen molar-refractivity contribution in [3.05, 3.63) is 58.4 Å². The molecule has 1 saturated heterocycles. The molecule has 1 amide bonds. The second-order valence-electron chi connectivity index (χ2n) is 6.25. The number of carbonyl (C=O) groups excluding carboxylic acids is 1. The first-order valence-electron chi connectivity index (χ1n) is 8.36. The second kappa shape index (κ2) is 6.80.